The molecule has 1 aromatic carbocycles. The highest BCUT2D eigenvalue weighted by atomic mass is 35.5. The zero-order valence-electron chi connectivity index (χ0n) is 7.11. The second-order valence-corrected chi connectivity index (χ2v) is 4.35. The first-order chi connectivity index (χ1) is 6.69. The van der Waals surface area contributed by atoms with Crippen LogP contribution in [0.4, 0.5) is 0 Å². The van der Waals surface area contributed by atoms with Crippen molar-refractivity contribution in [2.24, 2.45) is 0 Å². The van der Waals surface area contributed by atoms with Crippen molar-refractivity contribution in [1.29, 1.82) is 0 Å². The Bertz CT molecular complexity index is 355. The molecule has 0 fully saturated rings. The molecular formula is C9H7Cl2O2P. The summed E-state index contributed by atoms with van der Waals surface area (Å²) in [6.45, 7) is 0. The Morgan fingerprint density at radius 1 is 1.36 bits per heavy atom. The molecule has 0 aliphatic carbocycles. The molecule has 74 valence electrons. The van der Waals surface area contributed by atoms with E-state index in [2.05, 4.69) is 0 Å². The van der Waals surface area contributed by atoms with E-state index in [1.165, 1.54) is 0 Å². The minimum absolute atomic E-state index is 0.0888. The molecule has 1 rings (SSSR count). The van der Waals surface area contributed by atoms with Crippen LogP contribution < -0.4 is 0 Å². The van der Waals surface area contributed by atoms with E-state index in [0.29, 0.717) is 10.0 Å². The fourth-order valence-electron chi connectivity index (χ4n) is 1.05. The Kier molecular flexibility index (Phi) is 4.53. The Morgan fingerprint density at radius 3 is 2.57 bits per heavy atom. The predicted molar refractivity (Wildman–Crippen MR) is 57.5 cm³/mol. The smallest absolute Gasteiger partial charge is 0.163 e. The Morgan fingerprint density at radius 2 is 2.07 bits per heavy atom. The minimum Gasteiger partial charge on any atom is -0.303 e. The summed E-state index contributed by atoms with van der Waals surface area (Å²) in [6.07, 6.45) is 0.946. The molecule has 0 saturated heterocycles. The van der Waals surface area contributed by atoms with Crippen LogP contribution in [0.3, 0.4) is 0 Å². The van der Waals surface area contributed by atoms with Gasteiger partial charge < -0.3 is 4.79 Å². The van der Waals surface area contributed by atoms with Crippen molar-refractivity contribution < 1.29 is 9.36 Å². The average molecular weight is 249 g/mol. The van der Waals surface area contributed by atoms with Gasteiger partial charge in [-0.1, -0.05) is 29.3 Å². The summed E-state index contributed by atoms with van der Waals surface area (Å²) in [5, 5.41) is 0.853. The van der Waals surface area contributed by atoms with Gasteiger partial charge >= 0.3 is 0 Å². The van der Waals surface area contributed by atoms with Gasteiger partial charge in [-0.3, -0.25) is 4.57 Å². The highest BCUT2D eigenvalue weighted by Crippen LogP contribution is 2.33. The van der Waals surface area contributed by atoms with Crippen LogP contribution in [0.5, 0.6) is 0 Å². The molecule has 0 N–H and O–H groups in total. The normalized spacial score (nSPS) is 12.7. The van der Waals surface area contributed by atoms with Gasteiger partial charge in [0, 0.05) is 6.42 Å². The second kappa shape index (κ2) is 5.45. The lowest BCUT2D eigenvalue weighted by Crippen LogP contribution is -1.91. The minimum atomic E-state index is -0.331. The van der Waals surface area contributed by atoms with Crippen molar-refractivity contribution in [2.45, 2.75) is 12.1 Å². The third-order valence-electron chi connectivity index (χ3n) is 1.78. The maximum atomic E-state index is 10.8. The van der Waals surface area contributed by atoms with E-state index in [4.69, 9.17) is 23.2 Å². The topological polar surface area (TPSA) is 34.1 Å². The Labute approximate surface area is 93.4 Å². The number of aldehydes is 1. The highest BCUT2D eigenvalue weighted by Gasteiger charge is 2.12. The molecule has 0 saturated carbocycles. The lowest BCUT2D eigenvalue weighted by Gasteiger charge is -2.06. The van der Waals surface area contributed by atoms with Crippen molar-refractivity contribution in [2.75, 3.05) is 0 Å². The van der Waals surface area contributed by atoms with Crippen molar-refractivity contribution in [1.82, 2.24) is 0 Å². The third kappa shape index (κ3) is 2.78. The van der Waals surface area contributed by atoms with E-state index in [-0.39, 0.29) is 20.5 Å². The van der Waals surface area contributed by atoms with Crippen molar-refractivity contribution >= 4 is 37.9 Å². The second-order valence-electron chi connectivity index (χ2n) is 2.70. The van der Waals surface area contributed by atoms with Crippen LogP contribution in [-0.4, -0.2) is 6.29 Å². The molecule has 0 aliphatic heterocycles. The van der Waals surface area contributed by atoms with Crippen molar-refractivity contribution in [3.8, 4) is 0 Å². The first kappa shape index (κ1) is 11.6. The molecule has 1 atom stereocenters. The van der Waals surface area contributed by atoms with Crippen LogP contribution in [0.25, 0.3) is 0 Å². The van der Waals surface area contributed by atoms with Crippen molar-refractivity contribution in [3.05, 3.63) is 33.8 Å². The van der Waals surface area contributed by atoms with E-state index in [1.54, 1.807) is 18.2 Å². The van der Waals surface area contributed by atoms with Gasteiger partial charge in [-0.25, -0.2) is 0 Å². The van der Waals surface area contributed by atoms with Gasteiger partial charge in [-0.15, -0.1) is 0 Å². The molecule has 0 amide bonds. The molecule has 0 bridgehead atoms. The summed E-state index contributed by atoms with van der Waals surface area (Å²) in [6, 6.07) is 4.97. The third-order valence-corrected chi connectivity index (χ3v) is 3.28. The van der Waals surface area contributed by atoms with E-state index >= 15 is 0 Å². The maximum absolute atomic E-state index is 10.8. The fraction of sp³-hybridized carbons (Fsp3) is 0.222. The van der Waals surface area contributed by atoms with Gasteiger partial charge in [0.05, 0.1) is 15.7 Å². The van der Waals surface area contributed by atoms with Gasteiger partial charge in [0.15, 0.2) is 8.46 Å². The summed E-state index contributed by atoms with van der Waals surface area (Å²) in [5.41, 5.74) is 0.422. The van der Waals surface area contributed by atoms with Crippen LogP contribution in [0.1, 0.15) is 17.6 Å². The van der Waals surface area contributed by atoms with Crippen LogP contribution in [0.15, 0.2) is 18.2 Å². The summed E-state index contributed by atoms with van der Waals surface area (Å²) in [4.78, 5) is 10.3. The zero-order valence-corrected chi connectivity index (χ0v) is 9.52. The summed E-state index contributed by atoms with van der Waals surface area (Å²) < 4.78 is 10.8. The van der Waals surface area contributed by atoms with E-state index in [9.17, 15) is 9.36 Å². The van der Waals surface area contributed by atoms with Crippen LogP contribution in [0.2, 0.25) is 10.0 Å². The van der Waals surface area contributed by atoms with Gasteiger partial charge in [0.25, 0.3) is 0 Å². The number of halogens is 2. The fourth-order valence-corrected chi connectivity index (χ4v) is 1.81. The SMILES string of the molecule is O=CCC(P=O)c1ccc(Cl)c(Cl)c1. The van der Waals surface area contributed by atoms with E-state index in [0.717, 1.165) is 11.8 Å². The molecule has 1 unspecified atom stereocenters. The number of carbonyl (C=O) groups excluding carboxylic acids is 1. The molecule has 0 heterocycles. The van der Waals surface area contributed by atoms with Crippen molar-refractivity contribution in [3.63, 3.8) is 0 Å². The van der Waals surface area contributed by atoms with Gasteiger partial charge in [0.1, 0.15) is 6.29 Å². The molecule has 0 spiro atoms. The Balaban J connectivity index is 2.98. The lowest BCUT2D eigenvalue weighted by atomic mass is 10.1. The first-order valence-electron chi connectivity index (χ1n) is 3.90. The van der Waals surface area contributed by atoms with Crippen LogP contribution in [-0.2, 0) is 9.36 Å². The number of rotatable bonds is 4. The monoisotopic (exact) mass is 248 g/mol. The molecule has 2 nitrogen and oxygen atoms in total. The summed E-state index contributed by atoms with van der Waals surface area (Å²) in [5.74, 6) is 0. The lowest BCUT2D eigenvalue weighted by molar-refractivity contribution is -0.107. The maximum Gasteiger partial charge on any atom is 0.163 e. The first-order valence-corrected chi connectivity index (χ1v) is 5.54. The van der Waals surface area contributed by atoms with Gasteiger partial charge in [0.2, 0.25) is 0 Å². The molecule has 14 heavy (non-hydrogen) atoms. The molecular weight excluding hydrogens is 242 g/mol. The summed E-state index contributed by atoms with van der Waals surface area (Å²) in [7, 11) is -0.0888. The number of hydrogen-bond acceptors (Lipinski definition) is 2. The Hall–Kier alpha value is -0.430. The molecule has 0 aliphatic rings. The number of hydrogen-bond donors (Lipinski definition) is 0. The quantitative estimate of drug-likeness (QED) is 0.598. The summed E-state index contributed by atoms with van der Waals surface area (Å²) >= 11 is 11.5. The standard InChI is InChI=1S/C9H7Cl2O2P/c10-7-2-1-6(5-8(7)11)9(14-13)3-4-12/h1-2,4-5,9H,3H2. The molecule has 0 radical (unpaired) electrons. The molecule has 0 aromatic heterocycles. The van der Waals surface area contributed by atoms with Crippen LogP contribution in [0, 0.1) is 0 Å². The number of carbonyl (C=O) groups is 1. The highest BCUT2D eigenvalue weighted by molar-refractivity contribution is 7.24. The largest absolute Gasteiger partial charge is 0.303 e. The number of benzene rings is 1. The van der Waals surface area contributed by atoms with Gasteiger partial charge in [-0.05, 0) is 17.7 Å². The molecule has 1 aromatic rings. The van der Waals surface area contributed by atoms with E-state index in [1.807, 2.05) is 0 Å². The zero-order chi connectivity index (χ0) is 10.6. The predicted octanol–water partition coefficient (Wildman–Crippen LogP) is 3.92. The van der Waals surface area contributed by atoms with E-state index < -0.39 is 0 Å². The molecule has 5 heteroatoms. The van der Waals surface area contributed by atoms with Crippen LogP contribution >= 0.6 is 31.7 Å². The average Bonchev–Trinajstić information content (AvgIpc) is 2.19. The van der Waals surface area contributed by atoms with Gasteiger partial charge in [-0.2, -0.15) is 0 Å².